The van der Waals surface area contributed by atoms with Gasteiger partial charge >= 0.3 is 12.1 Å². The van der Waals surface area contributed by atoms with Crippen LogP contribution >= 0.6 is 0 Å². The number of ether oxygens (including phenoxy) is 2. The summed E-state index contributed by atoms with van der Waals surface area (Å²) in [6.45, 7) is 5.59. The molecule has 7 heteroatoms. The predicted octanol–water partition coefficient (Wildman–Crippen LogP) is 4.49. The molecule has 0 aromatic heterocycles. The number of methoxy groups -OCH3 is 1. The van der Waals surface area contributed by atoms with Crippen molar-refractivity contribution in [2.75, 3.05) is 12.4 Å². The molecule has 1 aromatic rings. The summed E-state index contributed by atoms with van der Waals surface area (Å²) < 4.78 is 10.1. The SMILES string of the molecule is COC(=O)C1CC(C#N)(Nc2ccc(C3CCC(NC(=O)OC(C)(C)C)CC3)cc2)C1. The fraction of sp³-hybridized carbons (Fsp3) is 0.625. The third kappa shape index (κ3) is 5.90. The van der Waals surface area contributed by atoms with Gasteiger partial charge in [-0.3, -0.25) is 4.79 Å². The first-order valence-electron chi connectivity index (χ1n) is 11.0. The quantitative estimate of drug-likeness (QED) is 0.671. The Balaban J connectivity index is 1.49. The van der Waals surface area contributed by atoms with Crippen molar-refractivity contribution in [3.8, 4) is 6.07 Å². The van der Waals surface area contributed by atoms with Gasteiger partial charge < -0.3 is 20.1 Å². The van der Waals surface area contributed by atoms with Crippen molar-refractivity contribution in [2.24, 2.45) is 5.92 Å². The number of nitriles is 1. The highest BCUT2D eigenvalue weighted by molar-refractivity contribution is 5.75. The number of hydrogen-bond acceptors (Lipinski definition) is 6. The van der Waals surface area contributed by atoms with Crippen molar-refractivity contribution in [1.29, 1.82) is 5.26 Å². The average molecular weight is 428 g/mol. The van der Waals surface area contributed by atoms with Gasteiger partial charge in [0.1, 0.15) is 11.1 Å². The van der Waals surface area contributed by atoms with Gasteiger partial charge in [0.05, 0.1) is 19.1 Å². The normalized spacial score (nSPS) is 27.9. The molecule has 0 bridgehead atoms. The minimum absolute atomic E-state index is 0.156. The Bertz CT molecular complexity index is 824. The van der Waals surface area contributed by atoms with Gasteiger partial charge in [0.25, 0.3) is 0 Å². The molecule has 2 aliphatic rings. The monoisotopic (exact) mass is 427 g/mol. The zero-order chi connectivity index (χ0) is 22.6. The van der Waals surface area contributed by atoms with Crippen molar-refractivity contribution in [3.63, 3.8) is 0 Å². The molecule has 0 atom stereocenters. The van der Waals surface area contributed by atoms with E-state index in [0.29, 0.717) is 18.8 Å². The molecular formula is C24H33N3O4. The van der Waals surface area contributed by atoms with E-state index in [9.17, 15) is 14.9 Å². The Labute approximate surface area is 184 Å². The maximum absolute atomic E-state index is 12.0. The van der Waals surface area contributed by atoms with E-state index in [0.717, 1.165) is 31.4 Å². The first-order valence-corrected chi connectivity index (χ1v) is 11.0. The molecule has 2 fully saturated rings. The number of alkyl carbamates (subject to hydrolysis) is 1. The summed E-state index contributed by atoms with van der Waals surface area (Å²) >= 11 is 0. The molecule has 31 heavy (non-hydrogen) atoms. The first kappa shape index (κ1) is 22.9. The number of nitrogens with one attached hydrogen (secondary N) is 2. The number of benzene rings is 1. The Morgan fingerprint density at radius 2 is 1.71 bits per heavy atom. The van der Waals surface area contributed by atoms with Crippen molar-refractivity contribution >= 4 is 17.7 Å². The molecule has 0 heterocycles. The van der Waals surface area contributed by atoms with Crippen LogP contribution in [0.25, 0.3) is 0 Å². The zero-order valence-electron chi connectivity index (χ0n) is 18.9. The average Bonchev–Trinajstić information content (AvgIpc) is 2.69. The molecule has 168 valence electrons. The number of carbonyl (C=O) groups excluding carboxylic acids is 2. The highest BCUT2D eigenvalue weighted by Crippen LogP contribution is 2.41. The van der Waals surface area contributed by atoms with Crippen LogP contribution in [0.4, 0.5) is 10.5 Å². The van der Waals surface area contributed by atoms with E-state index in [1.807, 2.05) is 32.9 Å². The van der Waals surface area contributed by atoms with Gasteiger partial charge in [0.2, 0.25) is 0 Å². The molecule has 2 N–H and O–H groups in total. The minimum atomic E-state index is -0.703. The van der Waals surface area contributed by atoms with Crippen LogP contribution in [0.5, 0.6) is 0 Å². The van der Waals surface area contributed by atoms with Crippen LogP contribution in [-0.4, -0.2) is 36.4 Å². The maximum Gasteiger partial charge on any atom is 0.407 e. The lowest BCUT2D eigenvalue weighted by Gasteiger charge is -2.42. The molecule has 0 unspecified atom stereocenters. The van der Waals surface area contributed by atoms with Crippen molar-refractivity contribution in [3.05, 3.63) is 29.8 Å². The first-order chi connectivity index (χ1) is 14.6. The molecule has 0 spiro atoms. The summed E-state index contributed by atoms with van der Waals surface area (Å²) in [6, 6.07) is 10.7. The Morgan fingerprint density at radius 1 is 1.10 bits per heavy atom. The molecule has 7 nitrogen and oxygen atoms in total. The van der Waals surface area contributed by atoms with E-state index < -0.39 is 11.1 Å². The lowest BCUT2D eigenvalue weighted by atomic mass is 9.69. The number of rotatable bonds is 5. The van der Waals surface area contributed by atoms with E-state index in [-0.39, 0.29) is 24.0 Å². The molecule has 1 amide bonds. The van der Waals surface area contributed by atoms with Crippen LogP contribution < -0.4 is 10.6 Å². The molecule has 3 rings (SSSR count). The van der Waals surface area contributed by atoms with Crippen molar-refractivity contribution < 1.29 is 19.1 Å². The number of nitrogens with zero attached hydrogens (tertiary/aromatic N) is 1. The van der Waals surface area contributed by atoms with Crippen LogP contribution in [0.15, 0.2) is 24.3 Å². The van der Waals surface area contributed by atoms with Gasteiger partial charge in [-0.25, -0.2) is 4.79 Å². The Kier molecular flexibility index (Phi) is 6.78. The van der Waals surface area contributed by atoms with Gasteiger partial charge in [-0.15, -0.1) is 0 Å². The van der Waals surface area contributed by atoms with E-state index in [1.165, 1.54) is 12.7 Å². The van der Waals surface area contributed by atoms with E-state index in [1.54, 1.807) is 0 Å². The lowest BCUT2D eigenvalue weighted by molar-refractivity contribution is -0.149. The number of carbonyl (C=O) groups is 2. The summed E-state index contributed by atoms with van der Waals surface area (Å²) in [5.74, 6) is 0.00347. The number of amides is 1. The highest BCUT2D eigenvalue weighted by atomic mass is 16.6. The summed E-state index contributed by atoms with van der Waals surface area (Å²) in [7, 11) is 1.38. The van der Waals surface area contributed by atoms with Gasteiger partial charge in [0.15, 0.2) is 0 Å². The number of hydrogen-bond donors (Lipinski definition) is 2. The van der Waals surface area contributed by atoms with Crippen molar-refractivity contribution in [2.45, 2.75) is 82.4 Å². The van der Waals surface area contributed by atoms with E-state index >= 15 is 0 Å². The molecule has 2 saturated carbocycles. The summed E-state index contributed by atoms with van der Waals surface area (Å²) in [6.07, 6.45) is 4.46. The van der Waals surface area contributed by atoms with Gasteiger partial charge in [0, 0.05) is 11.7 Å². The standard InChI is InChI=1S/C24H33N3O4/c1-23(2,3)31-22(29)26-19-9-5-16(6-10-19)17-7-11-20(12-8-17)27-24(15-25)13-18(14-24)21(28)30-4/h7-8,11-12,16,18-19,27H,5-6,9-10,13-14H2,1-4H3,(H,26,29). The van der Waals surface area contributed by atoms with Gasteiger partial charge in [-0.2, -0.15) is 5.26 Å². The largest absolute Gasteiger partial charge is 0.469 e. The zero-order valence-corrected chi connectivity index (χ0v) is 18.9. The van der Waals surface area contributed by atoms with Crippen LogP contribution in [-0.2, 0) is 14.3 Å². The molecule has 1 aromatic carbocycles. The fourth-order valence-electron chi connectivity index (χ4n) is 4.50. The summed E-state index contributed by atoms with van der Waals surface area (Å²) in [5.41, 5.74) is 0.967. The van der Waals surface area contributed by atoms with Gasteiger partial charge in [-0.1, -0.05) is 12.1 Å². The smallest absolute Gasteiger partial charge is 0.407 e. The van der Waals surface area contributed by atoms with Crippen LogP contribution in [0.3, 0.4) is 0 Å². The van der Waals surface area contributed by atoms with Gasteiger partial charge in [-0.05, 0) is 82.9 Å². The number of esters is 1. The topological polar surface area (TPSA) is 100 Å². The van der Waals surface area contributed by atoms with Crippen LogP contribution in [0.2, 0.25) is 0 Å². The lowest BCUT2D eigenvalue weighted by Crippen LogP contribution is -2.51. The second-order valence-corrected chi connectivity index (χ2v) is 9.76. The fourth-order valence-corrected chi connectivity index (χ4v) is 4.50. The molecule has 2 aliphatic carbocycles. The third-order valence-electron chi connectivity index (χ3n) is 6.15. The van der Waals surface area contributed by atoms with Crippen LogP contribution in [0.1, 0.15) is 70.8 Å². The van der Waals surface area contributed by atoms with E-state index in [2.05, 4.69) is 28.8 Å². The maximum atomic E-state index is 12.0. The molecular weight excluding hydrogens is 394 g/mol. The minimum Gasteiger partial charge on any atom is -0.469 e. The summed E-state index contributed by atoms with van der Waals surface area (Å²) in [5, 5.41) is 15.9. The van der Waals surface area contributed by atoms with E-state index in [4.69, 9.17) is 9.47 Å². The molecule has 0 saturated heterocycles. The molecule has 0 radical (unpaired) electrons. The Morgan fingerprint density at radius 3 is 2.23 bits per heavy atom. The predicted molar refractivity (Wildman–Crippen MR) is 118 cm³/mol. The third-order valence-corrected chi connectivity index (χ3v) is 6.15. The second kappa shape index (κ2) is 9.17. The Hall–Kier alpha value is -2.75. The molecule has 0 aliphatic heterocycles. The van der Waals surface area contributed by atoms with Crippen LogP contribution in [0, 0.1) is 17.2 Å². The second-order valence-electron chi connectivity index (χ2n) is 9.76. The van der Waals surface area contributed by atoms with Crippen molar-refractivity contribution in [1.82, 2.24) is 5.32 Å². The highest BCUT2D eigenvalue weighted by Gasteiger charge is 2.48. The number of anilines is 1. The summed E-state index contributed by atoms with van der Waals surface area (Å²) in [4.78, 5) is 23.6.